The van der Waals surface area contributed by atoms with E-state index in [0.717, 1.165) is 16.0 Å². The van der Waals surface area contributed by atoms with E-state index in [0.29, 0.717) is 23.6 Å². The number of nitrogens with one attached hydrogen (secondary N) is 1. The Morgan fingerprint density at radius 1 is 1.15 bits per heavy atom. The lowest BCUT2D eigenvalue weighted by atomic mass is 9.93. The van der Waals surface area contributed by atoms with Gasteiger partial charge in [0.2, 0.25) is 5.91 Å². The average Bonchev–Trinajstić information content (AvgIpc) is 3.50. The van der Waals surface area contributed by atoms with Gasteiger partial charge in [-0.25, -0.2) is 4.39 Å². The number of halogens is 1. The Labute approximate surface area is 200 Å². The molecule has 2 amide bonds. The maximum absolute atomic E-state index is 13.7. The van der Waals surface area contributed by atoms with E-state index in [1.54, 1.807) is 17.7 Å². The summed E-state index contributed by atoms with van der Waals surface area (Å²) in [4.78, 5) is 29.7. The van der Waals surface area contributed by atoms with Gasteiger partial charge in [-0.3, -0.25) is 19.2 Å². The minimum atomic E-state index is -1.27. The number of hydrogen-bond acceptors (Lipinski definition) is 4. The Morgan fingerprint density at radius 2 is 1.88 bits per heavy atom. The monoisotopic (exact) mass is 474 g/mol. The van der Waals surface area contributed by atoms with Gasteiger partial charge in [0.15, 0.2) is 0 Å². The molecule has 2 aromatic heterocycles. The molecule has 0 radical (unpaired) electrons. The highest BCUT2D eigenvalue weighted by atomic mass is 32.1. The van der Waals surface area contributed by atoms with E-state index in [-0.39, 0.29) is 18.4 Å². The summed E-state index contributed by atoms with van der Waals surface area (Å²) in [6.07, 6.45) is 0. The minimum Gasteiger partial charge on any atom is -0.350 e. The van der Waals surface area contributed by atoms with Gasteiger partial charge in [0.05, 0.1) is 11.4 Å². The van der Waals surface area contributed by atoms with Crippen molar-refractivity contribution in [2.24, 2.45) is 0 Å². The fraction of sp³-hybridized carbons (Fsp3) is 0.192. The van der Waals surface area contributed by atoms with Crippen LogP contribution in [0.2, 0.25) is 0 Å². The van der Waals surface area contributed by atoms with E-state index in [1.165, 1.54) is 40.5 Å². The second-order valence-electron chi connectivity index (χ2n) is 8.61. The molecule has 172 valence electrons. The van der Waals surface area contributed by atoms with Gasteiger partial charge < -0.3 is 5.32 Å². The number of aryl methyl sites for hydroxylation is 1. The van der Waals surface area contributed by atoms with Crippen molar-refractivity contribution < 1.29 is 14.0 Å². The number of rotatable bonds is 5. The van der Waals surface area contributed by atoms with E-state index in [4.69, 9.17) is 0 Å². The zero-order valence-corrected chi connectivity index (χ0v) is 19.6. The molecule has 1 atom stereocenters. The minimum absolute atomic E-state index is 0.163. The molecule has 34 heavy (non-hydrogen) atoms. The number of amides is 2. The van der Waals surface area contributed by atoms with Gasteiger partial charge in [0, 0.05) is 12.2 Å². The van der Waals surface area contributed by atoms with Gasteiger partial charge in [0.25, 0.3) is 5.91 Å². The second kappa shape index (κ2) is 8.53. The van der Waals surface area contributed by atoms with Crippen LogP contribution in [0, 0.1) is 12.7 Å². The van der Waals surface area contributed by atoms with Gasteiger partial charge in [-0.1, -0.05) is 35.9 Å². The van der Waals surface area contributed by atoms with E-state index in [2.05, 4.69) is 10.4 Å². The average molecular weight is 475 g/mol. The van der Waals surface area contributed by atoms with Crippen LogP contribution in [-0.4, -0.2) is 27.1 Å². The third-order valence-corrected chi connectivity index (χ3v) is 6.97. The number of thiophene rings is 1. The number of hydrogen-bond donors (Lipinski definition) is 1. The summed E-state index contributed by atoms with van der Waals surface area (Å²) >= 11 is 1.53. The maximum atomic E-state index is 13.7. The highest BCUT2D eigenvalue weighted by Gasteiger charge is 2.48. The normalized spacial score (nSPS) is 17.5. The highest BCUT2D eigenvalue weighted by molar-refractivity contribution is 7.13. The van der Waals surface area contributed by atoms with Crippen molar-refractivity contribution in [1.82, 2.24) is 15.1 Å². The lowest BCUT2D eigenvalue weighted by molar-refractivity contribution is -0.126. The summed E-state index contributed by atoms with van der Waals surface area (Å²) in [5.74, 6) is -1.09. The molecule has 1 aliphatic rings. The molecule has 1 N–H and O–H groups in total. The summed E-state index contributed by atoms with van der Waals surface area (Å²) in [5.41, 5.74) is 2.33. The van der Waals surface area contributed by atoms with Gasteiger partial charge in [0.1, 0.15) is 22.7 Å². The Bertz CT molecular complexity index is 1350. The third kappa shape index (κ3) is 3.90. The van der Waals surface area contributed by atoms with Crippen LogP contribution in [-0.2, 0) is 17.9 Å². The van der Waals surface area contributed by atoms with E-state index >= 15 is 0 Å². The number of carbonyl (C=O) groups excluding carboxylic acids is 2. The van der Waals surface area contributed by atoms with Crippen LogP contribution in [0.4, 0.5) is 10.1 Å². The number of aromatic nitrogens is 2. The van der Waals surface area contributed by atoms with Crippen LogP contribution in [0.15, 0.2) is 72.1 Å². The molecule has 5 rings (SSSR count). The van der Waals surface area contributed by atoms with Crippen LogP contribution in [0.3, 0.4) is 0 Å². The Kier molecular flexibility index (Phi) is 5.53. The molecular formula is C26H23FN4O2S. The quantitative estimate of drug-likeness (QED) is 0.452. The zero-order chi connectivity index (χ0) is 23.9. The largest absolute Gasteiger partial charge is 0.350 e. The molecule has 0 bridgehead atoms. The van der Waals surface area contributed by atoms with Crippen LogP contribution in [0.25, 0.3) is 10.6 Å². The SMILES string of the molecule is Cc1ccc(CNC(=O)C2(C)Cn3nc(-c4cccs4)cc3C(=O)N2c2ccc(F)cc2)cc1. The summed E-state index contributed by atoms with van der Waals surface area (Å²) in [7, 11) is 0. The smallest absolute Gasteiger partial charge is 0.277 e. The van der Waals surface area contributed by atoms with Gasteiger partial charge >= 0.3 is 0 Å². The molecule has 0 saturated heterocycles. The van der Waals surface area contributed by atoms with Crippen molar-refractivity contribution in [1.29, 1.82) is 0 Å². The topological polar surface area (TPSA) is 67.2 Å². The van der Waals surface area contributed by atoms with Crippen molar-refractivity contribution in [3.8, 4) is 10.6 Å². The molecule has 8 heteroatoms. The van der Waals surface area contributed by atoms with Gasteiger partial charge in [-0.05, 0) is 61.2 Å². The van der Waals surface area contributed by atoms with Crippen molar-refractivity contribution in [3.63, 3.8) is 0 Å². The summed E-state index contributed by atoms with van der Waals surface area (Å²) < 4.78 is 15.2. The molecule has 4 aromatic rings. The van der Waals surface area contributed by atoms with Crippen LogP contribution < -0.4 is 10.2 Å². The fourth-order valence-electron chi connectivity index (χ4n) is 4.20. The van der Waals surface area contributed by atoms with Crippen LogP contribution in [0.1, 0.15) is 28.5 Å². The molecule has 0 saturated carbocycles. The first kappa shape index (κ1) is 22.0. The van der Waals surface area contributed by atoms with Gasteiger partial charge in [-0.15, -0.1) is 11.3 Å². The van der Waals surface area contributed by atoms with E-state index < -0.39 is 11.4 Å². The first-order chi connectivity index (χ1) is 16.3. The van der Waals surface area contributed by atoms with Crippen molar-refractivity contribution in [2.75, 3.05) is 4.90 Å². The molecule has 0 fully saturated rings. The van der Waals surface area contributed by atoms with Crippen LogP contribution in [0.5, 0.6) is 0 Å². The zero-order valence-electron chi connectivity index (χ0n) is 18.8. The number of anilines is 1. The number of nitrogens with zero attached hydrogens (tertiary/aromatic N) is 3. The Balaban J connectivity index is 1.52. The standard InChI is InChI=1S/C26H23FN4O2S/c1-17-5-7-18(8-6-17)15-28-25(33)26(2)16-30-22(14-21(29-30)23-4-3-13-34-23)24(32)31(26)20-11-9-19(27)10-12-20/h3-14H,15-16H2,1-2H3,(H,28,33). The molecule has 3 heterocycles. The predicted octanol–water partition coefficient (Wildman–Crippen LogP) is 4.79. The second-order valence-corrected chi connectivity index (χ2v) is 9.56. The molecule has 6 nitrogen and oxygen atoms in total. The Morgan fingerprint density at radius 3 is 2.56 bits per heavy atom. The maximum Gasteiger partial charge on any atom is 0.277 e. The summed E-state index contributed by atoms with van der Waals surface area (Å²) in [5, 5.41) is 9.56. The Hall–Kier alpha value is -3.78. The third-order valence-electron chi connectivity index (χ3n) is 6.07. The number of fused-ring (bicyclic) bond motifs is 1. The summed E-state index contributed by atoms with van der Waals surface area (Å²) in [6, 6.07) is 19.1. The lowest BCUT2D eigenvalue weighted by Gasteiger charge is -2.43. The first-order valence-electron chi connectivity index (χ1n) is 10.9. The highest BCUT2D eigenvalue weighted by Crippen LogP contribution is 2.35. The van der Waals surface area contributed by atoms with E-state index in [1.807, 2.05) is 48.7 Å². The molecular weight excluding hydrogens is 451 g/mol. The number of carbonyl (C=O) groups is 2. The molecule has 2 aromatic carbocycles. The predicted molar refractivity (Wildman–Crippen MR) is 130 cm³/mol. The van der Waals surface area contributed by atoms with Crippen LogP contribution >= 0.6 is 11.3 Å². The molecule has 1 aliphatic heterocycles. The number of benzene rings is 2. The van der Waals surface area contributed by atoms with E-state index in [9.17, 15) is 14.0 Å². The lowest BCUT2D eigenvalue weighted by Crippen LogP contribution is -2.64. The van der Waals surface area contributed by atoms with Crippen molar-refractivity contribution in [3.05, 3.63) is 94.7 Å². The molecule has 0 spiro atoms. The summed E-state index contributed by atoms with van der Waals surface area (Å²) in [6.45, 7) is 4.21. The fourth-order valence-corrected chi connectivity index (χ4v) is 4.88. The molecule has 1 unspecified atom stereocenters. The molecule has 0 aliphatic carbocycles. The van der Waals surface area contributed by atoms with Crippen molar-refractivity contribution in [2.45, 2.75) is 32.5 Å². The van der Waals surface area contributed by atoms with Gasteiger partial charge in [-0.2, -0.15) is 5.10 Å². The first-order valence-corrected chi connectivity index (χ1v) is 11.8. The van der Waals surface area contributed by atoms with Crippen molar-refractivity contribution >= 4 is 28.8 Å².